The van der Waals surface area contributed by atoms with Crippen molar-refractivity contribution in [2.24, 2.45) is 0 Å². The molecule has 0 radical (unpaired) electrons. The Hall–Kier alpha value is -2.67. The maximum Gasteiger partial charge on any atom is 0.328 e. The fraction of sp³-hybridized carbons (Fsp3) is 0.312. The second-order valence-corrected chi connectivity index (χ2v) is 4.90. The smallest absolute Gasteiger partial charge is 0.328 e. The standard InChI is InChI=1S/C16H18N2O5/c1-22-10-12(16(20)21)18-14(19)7-8-15-17-9-13(23-15)11-5-3-2-4-6-11/h2-6,9,12H,7-8,10H2,1H3,(H,18,19)(H,20,21). The first-order valence-electron chi connectivity index (χ1n) is 7.11. The molecule has 122 valence electrons. The molecule has 0 bridgehead atoms. The van der Waals surface area contributed by atoms with Crippen LogP contribution >= 0.6 is 0 Å². The third-order valence-electron chi connectivity index (χ3n) is 3.14. The molecule has 2 aromatic rings. The number of aliphatic carboxylic acids is 1. The summed E-state index contributed by atoms with van der Waals surface area (Å²) in [5.41, 5.74) is 0.904. The summed E-state index contributed by atoms with van der Waals surface area (Å²) >= 11 is 0. The van der Waals surface area contributed by atoms with Crippen molar-refractivity contribution in [2.75, 3.05) is 13.7 Å². The van der Waals surface area contributed by atoms with E-state index in [0.29, 0.717) is 11.7 Å². The van der Waals surface area contributed by atoms with Gasteiger partial charge in [-0.15, -0.1) is 0 Å². The predicted molar refractivity (Wildman–Crippen MR) is 81.7 cm³/mol. The van der Waals surface area contributed by atoms with Gasteiger partial charge in [0.2, 0.25) is 5.91 Å². The molecule has 0 aliphatic rings. The van der Waals surface area contributed by atoms with Crippen LogP contribution in [-0.4, -0.2) is 41.7 Å². The van der Waals surface area contributed by atoms with Crippen molar-refractivity contribution in [3.05, 3.63) is 42.4 Å². The molecule has 0 fully saturated rings. The number of rotatable bonds is 8. The van der Waals surface area contributed by atoms with Crippen molar-refractivity contribution < 1.29 is 23.8 Å². The second kappa shape index (κ2) is 8.09. The molecule has 1 unspecified atom stereocenters. The number of carboxylic acid groups (broad SMARTS) is 1. The van der Waals surface area contributed by atoms with E-state index in [0.717, 1.165) is 5.56 Å². The fourth-order valence-corrected chi connectivity index (χ4v) is 1.99. The molecule has 23 heavy (non-hydrogen) atoms. The zero-order valence-electron chi connectivity index (χ0n) is 12.7. The number of aromatic nitrogens is 1. The quantitative estimate of drug-likeness (QED) is 0.764. The number of hydrogen-bond acceptors (Lipinski definition) is 5. The second-order valence-electron chi connectivity index (χ2n) is 4.90. The van der Waals surface area contributed by atoms with Crippen LogP contribution in [0.25, 0.3) is 11.3 Å². The number of hydrogen-bond donors (Lipinski definition) is 2. The van der Waals surface area contributed by atoms with Crippen molar-refractivity contribution in [3.63, 3.8) is 0 Å². The van der Waals surface area contributed by atoms with Crippen LogP contribution in [0.4, 0.5) is 0 Å². The summed E-state index contributed by atoms with van der Waals surface area (Å²) in [6.07, 6.45) is 1.98. The van der Waals surface area contributed by atoms with E-state index in [4.69, 9.17) is 14.3 Å². The molecule has 2 rings (SSSR count). The number of aryl methyl sites for hydroxylation is 1. The molecule has 1 amide bonds. The Bertz CT molecular complexity index is 654. The van der Waals surface area contributed by atoms with E-state index in [1.54, 1.807) is 6.20 Å². The van der Waals surface area contributed by atoms with Crippen LogP contribution in [0.15, 0.2) is 40.9 Å². The highest BCUT2D eigenvalue weighted by Gasteiger charge is 2.19. The Kier molecular flexibility index (Phi) is 5.87. The summed E-state index contributed by atoms with van der Waals surface area (Å²) in [6, 6.07) is 8.44. The molecule has 7 heteroatoms. The van der Waals surface area contributed by atoms with E-state index in [9.17, 15) is 9.59 Å². The molecule has 1 aromatic heterocycles. The van der Waals surface area contributed by atoms with E-state index < -0.39 is 17.9 Å². The maximum absolute atomic E-state index is 11.8. The monoisotopic (exact) mass is 318 g/mol. The number of carbonyl (C=O) groups is 2. The molecule has 0 aliphatic carbocycles. The van der Waals surface area contributed by atoms with Crippen LogP contribution in [0.3, 0.4) is 0 Å². The van der Waals surface area contributed by atoms with Gasteiger partial charge in [-0.2, -0.15) is 0 Å². The Balaban J connectivity index is 1.87. The van der Waals surface area contributed by atoms with Gasteiger partial charge in [0, 0.05) is 25.5 Å². The molecule has 1 atom stereocenters. The predicted octanol–water partition coefficient (Wildman–Crippen LogP) is 1.49. The first kappa shape index (κ1) is 16.7. The largest absolute Gasteiger partial charge is 0.480 e. The zero-order chi connectivity index (χ0) is 16.7. The molecule has 0 spiro atoms. The van der Waals surface area contributed by atoms with E-state index >= 15 is 0 Å². The molecule has 7 nitrogen and oxygen atoms in total. The molecule has 1 aromatic carbocycles. The Morgan fingerprint density at radius 1 is 1.35 bits per heavy atom. The number of nitrogens with zero attached hydrogens (tertiary/aromatic N) is 1. The third kappa shape index (κ3) is 4.93. The average molecular weight is 318 g/mol. The number of nitrogens with one attached hydrogen (secondary N) is 1. The SMILES string of the molecule is COCC(NC(=O)CCc1ncc(-c2ccccc2)o1)C(=O)O. The van der Waals surface area contributed by atoms with Crippen LogP contribution < -0.4 is 5.32 Å². The number of carbonyl (C=O) groups excluding carboxylic acids is 1. The van der Waals surface area contributed by atoms with E-state index in [2.05, 4.69) is 10.3 Å². The third-order valence-corrected chi connectivity index (χ3v) is 3.14. The molecule has 0 saturated heterocycles. The molecule has 0 aliphatic heterocycles. The summed E-state index contributed by atoms with van der Waals surface area (Å²) < 4.78 is 10.3. The summed E-state index contributed by atoms with van der Waals surface area (Å²) in [5.74, 6) is -0.474. The van der Waals surface area contributed by atoms with Crippen LogP contribution in [0.5, 0.6) is 0 Å². The van der Waals surface area contributed by atoms with Crippen LogP contribution in [0.2, 0.25) is 0 Å². The molecular weight excluding hydrogens is 300 g/mol. The molecular formula is C16H18N2O5. The van der Waals surface area contributed by atoms with Crippen molar-refractivity contribution in [1.82, 2.24) is 10.3 Å². The highest BCUT2D eigenvalue weighted by Crippen LogP contribution is 2.20. The lowest BCUT2D eigenvalue weighted by Crippen LogP contribution is -2.43. The number of amides is 1. The van der Waals surface area contributed by atoms with Crippen molar-refractivity contribution in [3.8, 4) is 11.3 Å². The number of oxazole rings is 1. The Morgan fingerprint density at radius 2 is 2.09 bits per heavy atom. The lowest BCUT2D eigenvalue weighted by molar-refractivity contribution is -0.143. The zero-order valence-corrected chi connectivity index (χ0v) is 12.7. The van der Waals surface area contributed by atoms with Crippen molar-refractivity contribution in [2.45, 2.75) is 18.9 Å². The van der Waals surface area contributed by atoms with Gasteiger partial charge >= 0.3 is 5.97 Å². The Morgan fingerprint density at radius 3 is 2.74 bits per heavy atom. The van der Waals surface area contributed by atoms with Crippen LogP contribution in [-0.2, 0) is 20.7 Å². The van der Waals surface area contributed by atoms with Gasteiger partial charge in [0.1, 0.15) is 0 Å². The average Bonchev–Trinajstić information content (AvgIpc) is 3.02. The van der Waals surface area contributed by atoms with Gasteiger partial charge in [0.25, 0.3) is 0 Å². The normalized spacial score (nSPS) is 11.9. The molecule has 0 saturated carbocycles. The summed E-state index contributed by atoms with van der Waals surface area (Å²) in [7, 11) is 1.37. The summed E-state index contributed by atoms with van der Waals surface area (Å²) in [4.78, 5) is 26.8. The van der Waals surface area contributed by atoms with Gasteiger partial charge in [-0.1, -0.05) is 30.3 Å². The van der Waals surface area contributed by atoms with Gasteiger partial charge in [-0.05, 0) is 0 Å². The lowest BCUT2D eigenvalue weighted by atomic mass is 10.2. The van der Waals surface area contributed by atoms with Crippen LogP contribution in [0.1, 0.15) is 12.3 Å². The van der Waals surface area contributed by atoms with Gasteiger partial charge < -0.3 is 19.6 Å². The van der Waals surface area contributed by atoms with Crippen LogP contribution in [0, 0.1) is 0 Å². The van der Waals surface area contributed by atoms with Crippen molar-refractivity contribution in [1.29, 1.82) is 0 Å². The number of methoxy groups -OCH3 is 1. The van der Waals surface area contributed by atoms with E-state index in [-0.39, 0.29) is 19.4 Å². The Labute approximate surface area is 133 Å². The van der Waals surface area contributed by atoms with Gasteiger partial charge in [-0.3, -0.25) is 4.79 Å². The first-order valence-corrected chi connectivity index (χ1v) is 7.11. The minimum atomic E-state index is -1.14. The summed E-state index contributed by atoms with van der Waals surface area (Å²) in [5, 5.41) is 11.3. The van der Waals surface area contributed by atoms with E-state index in [1.165, 1.54) is 7.11 Å². The minimum Gasteiger partial charge on any atom is -0.480 e. The molecule has 1 heterocycles. The molecule has 2 N–H and O–H groups in total. The van der Waals surface area contributed by atoms with E-state index in [1.807, 2.05) is 30.3 Å². The fourth-order valence-electron chi connectivity index (χ4n) is 1.99. The van der Waals surface area contributed by atoms with Gasteiger partial charge in [0.05, 0.1) is 12.8 Å². The van der Waals surface area contributed by atoms with Crippen molar-refractivity contribution >= 4 is 11.9 Å². The first-order chi connectivity index (χ1) is 11.1. The minimum absolute atomic E-state index is 0.0851. The lowest BCUT2D eigenvalue weighted by Gasteiger charge is -2.12. The number of carboxylic acids is 1. The number of benzene rings is 1. The topological polar surface area (TPSA) is 102 Å². The highest BCUT2D eigenvalue weighted by atomic mass is 16.5. The number of ether oxygens (including phenoxy) is 1. The highest BCUT2D eigenvalue weighted by molar-refractivity contribution is 5.83. The van der Waals surface area contributed by atoms with Gasteiger partial charge in [0.15, 0.2) is 17.7 Å². The maximum atomic E-state index is 11.8. The summed E-state index contributed by atoms with van der Waals surface area (Å²) in [6.45, 7) is -0.0851. The van der Waals surface area contributed by atoms with Gasteiger partial charge in [-0.25, -0.2) is 9.78 Å².